The molecule has 0 aliphatic rings. The average molecular weight is 255 g/mol. The minimum atomic E-state index is 0.102. The van der Waals surface area contributed by atoms with Crippen LogP contribution in [0.25, 0.3) is 0 Å². The van der Waals surface area contributed by atoms with Gasteiger partial charge in [0.2, 0.25) is 5.88 Å². The summed E-state index contributed by atoms with van der Waals surface area (Å²) in [6, 6.07) is 0. The number of carbonyl (C=O) groups is 1. The van der Waals surface area contributed by atoms with Gasteiger partial charge in [0, 0.05) is 19.8 Å². The predicted octanol–water partition coefficient (Wildman–Crippen LogP) is 1.21. The van der Waals surface area contributed by atoms with E-state index in [2.05, 4.69) is 4.98 Å². The van der Waals surface area contributed by atoms with Crippen molar-refractivity contribution in [3.63, 3.8) is 0 Å². The molecular formula is C12H17NO5. The molecule has 0 spiro atoms. The number of pyridine rings is 1. The van der Waals surface area contributed by atoms with E-state index >= 15 is 0 Å². The summed E-state index contributed by atoms with van der Waals surface area (Å²) in [4.78, 5) is 15.1. The van der Waals surface area contributed by atoms with E-state index in [0.717, 1.165) is 0 Å². The van der Waals surface area contributed by atoms with Crippen LogP contribution in [-0.4, -0.2) is 45.5 Å². The Labute approximate surface area is 106 Å². The quantitative estimate of drug-likeness (QED) is 0.395. The fraction of sp³-hybridized carbons (Fsp3) is 0.500. The number of ether oxygens (including phenoxy) is 4. The first-order valence-corrected chi connectivity index (χ1v) is 5.42. The Kier molecular flexibility index (Phi) is 6.10. The highest BCUT2D eigenvalue weighted by Gasteiger charge is 2.13. The van der Waals surface area contributed by atoms with Crippen molar-refractivity contribution in [1.82, 2.24) is 4.98 Å². The smallest absolute Gasteiger partial charge is 0.224 e. The van der Waals surface area contributed by atoms with Gasteiger partial charge in [-0.05, 0) is 6.92 Å². The van der Waals surface area contributed by atoms with Crippen LogP contribution in [0, 0.1) is 6.92 Å². The lowest BCUT2D eigenvalue weighted by molar-refractivity contribution is 0.0501. The lowest BCUT2D eigenvalue weighted by Crippen LogP contribution is -2.09. The van der Waals surface area contributed by atoms with E-state index in [-0.39, 0.29) is 12.7 Å². The molecule has 1 aromatic rings. The number of hydrogen-bond acceptors (Lipinski definition) is 6. The van der Waals surface area contributed by atoms with Gasteiger partial charge in [-0.25, -0.2) is 4.98 Å². The predicted molar refractivity (Wildman–Crippen MR) is 64.2 cm³/mol. The topological polar surface area (TPSA) is 66.9 Å². The van der Waals surface area contributed by atoms with E-state index in [9.17, 15) is 4.79 Å². The van der Waals surface area contributed by atoms with Gasteiger partial charge in [0.15, 0.2) is 13.1 Å². The second-order valence-corrected chi connectivity index (χ2v) is 3.48. The lowest BCUT2D eigenvalue weighted by atomic mass is 10.1. The molecule has 0 bridgehead atoms. The monoisotopic (exact) mass is 255 g/mol. The maximum absolute atomic E-state index is 11.1. The summed E-state index contributed by atoms with van der Waals surface area (Å²) in [5, 5.41) is 0. The van der Waals surface area contributed by atoms with Crippen LogP contribution in [0.15, 0.2) is 6.20 Å². The molecule has 0 saturated carbocycles. The van der Waals surface area contributed by atoms with Crippen LogP contribution in [0.5, 0.6) is 11.6 Å². The molecule has 6 nitrogen and oxygen atoms in total. The molecule has 1 heterocycles. The van der Waals surface area contributed by atoms with Crippen LogP contribution < -0.4 is 9.47 Å². The number of aromatic nitrogens is 1. The maximum atomic E-state index is 11.1. The lowest BCUT2D eigenvalue weighted by Gasteiger charge is -2.12. The highest BCUT2D eigenvalue weighted by Crippen LogP contribution is 2.25. The third-order valence-electron chi connectivity index (χ3n) is 2.28. The Morgan fingerprint density at radius 1 is 1.22 bits per heavy atom. The van der Waals surface area contributed by atoms with Crippen LogP contribution in [0.3, 0.4) is 0 Å². The second kappa shape index (κ2) is 7.62. The number of methoxy groups -OCH3 is 2. The normalized spacial score (nSPS) is 10.2. The molecule has 0 N–H and O–H groups in total. The van der Waals surface area contributed by atoms with Gasteiger partial charge < -0.3 is 18.9 Å². The van der Waals surface area contributed by atoms with E-state index in [1.165, 1.54) is 13.3 Å². The second-order valence-electron chi connectivity index (χ2n) is 3.48. The SMILES string of the molecule is COCCOc1ncc(OCOC)c(C)c1C=O. The number of carbonyl (C=O) groups excluding carboxylic acids is 1. The first-order valence-electron chi connectivity index (χ1n) is 5.42. The third-order valence-corrected chi connectivity index (χ3v) is 2.28. The largest absolute Gasteiger partial charge is 0.475 e. The third kappa shape index (κ3) is 3.68. The van der Waals surface area contributed by atoms with Crippen molar-refractivity contribution in [3.05, 3.63) is 17.3 Å². The first kappa shape index (κ1) is 14.4. The summed E-state index contributed by atoms with van der Waals surface area (Å²) in [6.45, 7) is 2.63. The number of hydrogen-bond donors (Lipinski definition) is 0. The number of aldehydes is 1. The van der Waals surface area contributed by atoms with E-state index < -0.39 is 0 Å². The molecule has 0 radical (unpaired) electrons. The highest BCUT2D eigenvalue weighted by atomic mass is 16.7. The van der Waals surface area contributed by atoms with E-state index in [1.54, 1.807) is 14.0 Å². The van der Waals surface area contributed by atoms with Crippen molar-refractivity contribution in [2.24, 2.45) is 0 Å². The maximum Gasteiger partial charge on any atom is 0.224 e. The van der Waals surface area contributed by atoms with Crippen molar-refractivity contribution in [2.75, 3.05) is 34.2 Å². The molecule has 18 heavy (non-hydrogen) atoms. The zero-order valence-electron chi connectivity index (χ0n) is 10.8. The minimum absolute atomic E-state index is 0.102. The minimum Gasteiger partial charge on any atom is -0.475 e. The standard InChI is InChI=1S/C12H17NO5/c1-9-10(7-14)12(17-5-4-15-2)13-6-11(9)18-8-16-3/h6-7H,4-5,8H2,1-3H3. The molecule has 100 valence electrons. The molecule has 0 unspecified atom stereocenters. The summed E-state index contributed by atoms with van der Waals surface area (Å²) in [6.07, 6.45) is 2.20. The Bertz CT molecular complexity index is 394. The van der Waals surface area contributed by atoms with Gasteiger partial charge >= 0.3 is 0 Å². The molecule has 0 atom stereocenters. The number of rotatable bonds is 8. The Balaban J connectivity index is 2.86. The molecule has 0 aliphatic heterocycles. The van der Waals surface area contributed by atoms with Gasteiger partial charge in [-0.1, -0.05) is 0 Å². The summed E-state index contributed by atoms with van der Waals surface area (Å²) < 4.78 is 20.3. The molecule has 1 rings (SSSR count). The van der Waals surface area contributed by atoms with Crippen molar-refractivity contribution < 1.29 is 23.7 Å². The summed E-state index contributed by atoms with van der Waals surface area (Å²) in [7, 11) is 3.09. The average Bonchev–Trinajstić information content (AvgIpc) is 2.38. The van der Waals surface area contributed by atoms with Gasteiger partial charge in [-0.2, -0.15) is 0 Å². The van der Waals surface area contributed by atoms with Gasteiger partial charge in [0.1, 0.15) is 12.4 Å². The van der Waals surface area contributed by atoms with Crippen LogP contribution >= 0.6 is 0 Å². The first-order chi connectivity index (χ1) is 8.74. The van der Waals surface area contributed by atoms with E-state index in [1.807, 2.05) is 0 Å². The summed E-state index contributed by atoms with van der Waals surface area (Å²) >= 11 is 0. The molecule has 1 aromatic heterocycles. The van der Waals surface area contributed by atoms with Crippen molar-refractivity contribution in [3.8, 4) is 11.6 Å². The highest BCUT2D eigenvalue weighted by molar-refractivity contribution is 5.81. The van der Waals surface area contributed by atoms with Gasteiger partial charge in [-0.15, -0.1) is 0 Å². The zero-order valence-corrected chi connectivity index (χ0v) is 10.8. The summed E-state index contributed by atoms with van der Waals surface area (Å²) in [5.74, 6) is 0.780. The number of nitrogens with zero attached hydrogens (tertiary/aromatic N) is 1. The van der Waals surface area contributed by atoms with Crippen LogP contribution in [-0.2, 0) is 9.47 Å². The Morgan fingerprint density at radius 3 is 2.61 bits per heavy atom. The Morgan fingerprint density at radius 2 is 2.00 bits per heavy atom. The van der Waals surface area contributed by atoms with Gasteiger partial charge in [0.05, 0.1) is 18.4 Å². The van der Waals surface area contributed by atoms with Crippen LogP contribution in [0.1, 0.15) is 15.9 Å². The zero-order chi connectivity index (χ0) is 13.4. The fourth-order valence-corrected chi connectivity index (χ4v) is 1.32. The van der Waals surface area contributed by atoms with Crippen molar-refractivity contribution in [1.29, 1.82) is 0 Å². The fourth-order valence-electron chi connectivity index (χ4n) is 1.32. The van der Waals surface area contributed by atoms with E-state index in [4.69, 9.17) is 18.9 Å². The molecule has 0 saturated heterocycles. The molecule has 0 aromatic carbocycles. The van der Waals surface area contributed by atoms with Gasteiger partial charge in [0.25, 0.3) is 0 Å². The van der Waals surface area contributed by atoms with Crippen molar-refractivity contribution >= 4 is 6.29 Å². The van der Waals surface area contributed by atoms with Gasteiger partial charge in [-0.3, -0.25) is 4.79 Å². The molecule has 6 heteroatoms. The van der Waals surface area contributed by atoms with Crippen LogP contribution in [0.4, 0.5) is 0 Å². The molecule has 0 fully saturated rings. The van der Waals surface area contributed by atoms with Crippen LogP contribution in [0.2, 0.25) is 0 Å². The van der Waals surface area contributed by atoms with E-state index in [0.29, 0.717) is 36.4 Å². The molecule has 0 aliphatic carbocycles. The van der Waals surface area contributed by atoms with Crippen molar-refractivity contribution in [2.45, 2.75) is 6.92 Å². The summed E-state index contributed by atoms with van der Waals surface area (Å²) in [5.41, 5.74) is 1.05. The molecular weight excluding hydrogens is 238 g/mol. The molecule has 0 amide bonds. The Hall–Kier alpha value is -1.66.